The van der Waals surface area contributed by atoms with Crippen molar-refractivity contribution in [3.05, 3.63) is 0 Å². The van der Waals surface area contributed by atoms with Gasteiger partial charge >= 0.3 is 0 Å². The lowest BCUT2D eigenvalue weighted by Crippen LogP contribution is -2.39. The molecule has 5 nitrogen and oxygen atoms in total. The molecule has 1 heterocycles. The maximum Gasteiger partial charge on any atom is 0.222 e. The third-order valence-corrected chi connectivity index (χ3v) is 5.48. The van der Waals surface area contributed by atoms with E-state index in [1.807, 2.05) is 0 Å². The SMILES string of the molecule is CCCCCCCCC(=O)N(CCCN1CCCC1)CC(COC)COC. The average Bonchev–Trinajstić information content (AvgIpc) is 3.17. The molecule has 1 amide bonds. The molecule has 0 atom stereocenters. The summed E-state index contributed by atoms with van der Waals surface area (Å²) < 4.78 is 10.7. The predicted octanol–water partition coefficient (Wildman–Crippen LogP) is 3.96. The first kappa shape index (κ1) is 24.4. The number of carbonyl (C=O) groups is 1. The Kier molecular flexibility index (Phi) is 14.7. The fraction of sp³-hybridized carbons (Fsp3) is 0.955. The van der Waals surface area contributed by atoms with Crippen molar-refractivity contribution in [3.8, 4) is 0 Å². The van der Waals surface area contributed by atoms with Gasteiger partial charge in [-0.15, -0.1) is 0 Å². The van der Waals surface area contributed by atoms with Crippen LogP contribution < -0.4 is 0 Å². The molecular weight excluding hydrogens is 340 g/mol. The van der Waals surface area contributed by atoms with E-state index in [1.165, 1.54) is 58.0 Å². The van der Waals surface area contributed by atoms with Crippen molar-refractivity contribution < 1.29 is 14.3 Å². The molecule has 0 aromatic carbocycles. The van der Waals surface area contributed by atoms with Crippen LogP contribution in [-0.2, 0) is 14.3 Å². The summed E-state index contributed by atoms with van der Waals surface area (Å²) in [6, 6.07) is 0. The lowest BCUT2D eigenvalue weighted by Gasteiger charge is -2.28. The van der Waals surface area contributed by atoms with Crippen LogP contribution in [0, 0.1) is 5.92 Å². The van der Waals surface area contributed by atoms with Gasteiger partial charge < -0.3 is 19.3 Å². The minimum atomic E-state index is 0.250. The highest BCUT2D eigenvalue weighted by Gasteiger charge is 2.20. The number of carbonyl (C=O) groups excluding carboxylic acids is 1. The maximum absolute atomic E-state index is 12.8. The number of hydrogen-bond acceptors (Lipinski definition) is 4. The molecule has 0 aliphatic carbocycles. The van der Waals surface area contributed by atoms with Crippen molar-refractivity contribution in [2.24, 2.45) is 5.92 Å². The molecular formula is C22H44N2O3. The fourth-order valence-corrected chi connectivity index (χ4v) is 3.96. The Labute approximate surface area is 167 Å². The normalized spacial score (nSPS) is 15.0. The molecule has 0 spiro atoms. The molecule has 1 rings (SSSR count). The number of ether oxygens (including phenoxy) is 2. The molecule has 1 fully saturated rings. The van der Waals surface area contributed by atoms with Gasteiger partial charge in [0.1, 0.15) is 0 Å². The van der Waals surface area contributed by atoms with Gasteiger partial charge in [0, 0.05) is 39.6 Å². The van der Waals surface area contributed by atoms with E-state index in [4.69, 9.17) is 9.47 Å². The molecule has 0 bridgehead atoms. The predicted molar refractivity (Wildman–Crippen MR) is 112 cm³/mol. The lowest BCUT2D eigenvalue weighted by atomic mass is 10.1. The Morgan fingerprint density at radius 1 is 0.963 bits per heavy atom. The summed E-state index contributed by atoms with van der Waals surface area (Å²) in [7, 11) is 3.44. The van der Waals surface area contributed by atoms with Crippen molar-refractivity contribution in [1.29, 1.82) is 0 Å². The van der Waals surface area contributed by atoms with Crippen molar-refractivity contribution in [1.82, 2.24) is 9.80 Å². The van der Waals surface area contributed by atoms with Gasteiger partial charge in [0.05, 0.1) is 13.2 Å². The molecule has 5 heteroatoms. The van der Waals surface area contributed by atoms with E-state index in [0.29, 0.717) is 25.5 Å². The lowest BCUT2D eigenvalue weighted by molar-refractivity contribution is -0.132. The van der Waals surface area contributed by atoms with Crippen molar-refractivity contribution in [3.63, 3.8) is 0 Å². The van der Waals surface area contributed by atoms with Crippen LogP contribution in [0.1, 0.15) is 71.1 Å². The Hall–Kier alpha value is -0.650. The minimum Gasteiger partial charge on any atom is -0.384 e. The summed E-state index contributed by atoms with van der Waals surface area (Å²) in [5, 5.41) is 0. The van der Waals surface area contributed by atoms with Gasteiger partial charge in [-0.1, -0.05) is 39.0 Å². The average molecular weight is 385 g/mol. The highest BCUT2D eigenvalue weighted by molar-refractivity contribution is 5.76. The zero-order chi connectivity index (χ0) is 19.7. The monoisotopic (exact) mass is 384 g/mol. The highest BCUT2D eigenvalue weighted by Crippen LogP contribution is 2.12. The van der Waals surface area contributed by atoms with Crippen LogP contribution in [0.2, 0.25) is 0 Å². The Morgan fingerprint density at radius 3 is 2.22 bits per heavy atom. The van der Waals surface area contributed by atoms with Gasteiger partial charge in [0.2, 0.25) is 5.91 Å². The molecule has 160 valence electrons. The number of nitrogens with zero attached hydrogens (tertiary/aromatic N) is 2. The number of hydrogen-bond donors (Lipinski definition) is 0. The van der Waals surface area contributed by atoms with Gasteiger partial charge in [0.25, 0.3) is 0 Å². The van der Waals surface area contributed by atoms with Crippen molar-refractivity contribution >= 4 is 5.91 Å². The van der Waals surface area contributed by atoms with Crippen LogP contribution >= 0.6 is 0 Å². The molecule has 27 heavy (non-hydrogen) atoms. The topological polar surface area (TPSA) is 42.0 Å². The van der Waals surface area contributed by atoms with Gasteiger partial charge in [-0.2, -0.15) is 0 Å². The van der Waals surface area contributed by atoms with E-state index in [-0.39, 0.29) is 5.92 Å². The Balaban J connectivity index is 2.41. The van der Waals surface area contributed by atoms with E-state index in [9.17, 15) is 4.79 Å². The van der Waals surface area contributed by atoms with Crippen LogP contribution in [0.3, 0.4) is 0 Å². The molecule has 0 aromatic heterocycles. The van der Waals surface area contributed by atoms with Crippen LogP contribution in [0.5, 0.6) is 0 Å². The molecule has 1 saturated heterocycles. The summed E-state index contributed by atoms with van der Waals surface area (Å²) >= 11 is 0. The number of amides is 1. The second kappa shape index (κ2) is 16.3. The number of rotatable bonds is 17. The summed E-state index contributed by atoms with van der Waals surface area (Å²) in [5.74, 6) is 0.560. The van der Waals surface area contributed by atoms with Gasteiger partial charge in [-0.25, -0.2) is 0 Å². The van der Waals surface area contributed by atoms with Crippen LogP contribution in [0.4, 0.5) is 0 Å². The standard InChI is InChI=1S/C22H44N2O3/c1-4-5-6-7-8-9-13-22(25)24(18-21(19-26-2)20-27-3)17-12-16-23-14-10-11-15-23/h21H,4-20H2,1-3H3. The van der Waals surface area contributed by atoms with Gasteiger partial charge in [0.15, 0.2) is 0 Å². The first-order valence-corrected chi connectivity index (χ1v) is 11.2. The third-order valence-electron chi connectivity index (χ3n) is 5.48. The van der Waals surface area contributed by atoms with Crippen LogP contribution in [0.25, 0.3) is 0 Å². The Bertz CT molecular complexity index is 353. The highest BCUT2D eigenvalue weighted by atomic mass is 16.5. The maximum atomic E-state index is 12.8. The zero-order valence-corrected chi connectivity index (χ0v) is 18.2. The Morgan fingerprint density at radius 2 is 1.59 bits per heavy atom. The largest absolute Gasteiger partial charge is 0.384 e. The molecule has 0 unspecified atom stereocenters. The molecule has 0 saturated carbocycles. The van der Waals surface area contributed by atoms with Gasteiger partial charge in [-0.3, -0.25) is 4.79 Å². The van der Waals surface area contributed by atoms with Gasteiger partial charge in [-0.05, 0) is 45.3 Å². The van der Waals surface area contributed by atoms with E-state index >= 15 is 0 Å². The van der Waals surface area contributed by atoms with Crippen molar-refractivity contribution in [2.45, 2.75) is 71.1 Å². The van der Waals surface area contributed by atoms with E-state index < -0.39 is 0 Å². The van der Waals surface area contributed by atoms with Crippen molar-refractivity contribution in [2.75, 3.05) is 60.2 Å². The van der Waals surface area contributed by atoms with E-state index in [0.717, 1.165) is 32.5 Å². The third kappa shape index (κ3) is 11.7. The summed E-state index contributed by atoms with van der Waals surface area (Å²) in [4.78, 5) is 17.4. The number of likely N-dealkylation sites (tertiary alicyclic amines) is 1. The number of methoxy groups -OCH3 is 2. The second-order valence-corrected chi connectivity index (χ2v) is 8.04. The first-order valence-electron chi connectivity index (χ1n) is 11.2. The van der Waals surface area contributed by atoms with E-state index in [1.54, 1.807) is 14.2 Å². The quantitative estimate of drug-likeness (QED) is 0.356. The minimum absolute atomic E-state index is 0.250. The smallest absolute Gasteiger partial charge is 0.222 e. The zero-order valence-electron chi connectivity index (χ0n) is 18.2. The summed E-state index contributed by atoms with van der Waals surface area (Å²) in [6.07, 6.45) is 11.7. The number of unbranched alkanes of at least 4 members (excludes halogenated alkanes) is 5. The van der Waals surface area contributed by atoms with Crippen LogP contribution in [-0.4, -0.2) is 75.9 Å². The van der Waals surface area contributed by atoms with E-state index in [2.05, 4.69) is 16.7 Å². The summed E-state index contributed by atoms with van der Waals surface area (Å²) in [6.45, 7) is 8.68. The summed E-state index contributed by atoms with van der Waals surface area (Å²) in [5.41, 5.74) is 0. The van der Waals surface area contributed by atoms with Crippen LogP contribution in [0.15, 0.2) is 0 Å². The fourth-order valence-electron chi connectivity index (χ4n) is 3.96. The molecule has 0 radical (unpaired) electrons. The first-order chi connectivity index (χ1) is 13.2. The molecule has 0 N–H and O–H groups in total. The second-order valence-electron chi connectivity index (χ2n) is 8.04. The molecule has 1 aliphatic rings. The molecule has 0 aromatic rings. The molecule has 1 aliphatic heterocycles.